The van der Waals surface area contributed by atoms with Crippen molar-refractivity contribution in [3.63, 3.8) is 0 Å². The normalized spacial score (nSPS) is 23.8. The molecule has 110 valence electrons. The van der Waals surface area contributed by atoms with Gasteiger partial charge in [0.15, 0.2) is 0 Å². The van der Waals surface area contributed by atoms with Gasteiger partial charge < -0.3 is 14.7 Å². The van der Waals surface area contributed by atoms with Gasteiger partial charge >= 0.3 is 0 Å². The van der Waals surface area contributed by atoms with Crippen LogP contribution in [0.4, 0.5) is 5.69 Å². The molecule has 3 heteroatoms. The van der Waals surface area contributed by atoms with Gasteiger partial charge in [-0.1, -0.05) is 18.2 Å². The van der Waals surface area contributed by atoms with Crippen molar-refractivity contribution < 1.29 is 9.84 Å². The Balaban J connectivity index is 1.54. The average molecular weight is 275 g/mol. The van der Waals surface area contributed by atoms with Crippen molar-refractivity contribution in [2.24, 2.45) is 5.92 Å². The number of aliphatic hydroxyl groups is 1. The van der Waals surface area contributed by atoms with Gasteiger partial charge in [0.25, 0.3) is 0 Å². The first-order chi connectivity index (χ1) is 9.75. The largest absolute Gasteiger partial charge is 0.390 e. The summed E-state index contributed by atoms with van der Waals surface area (Å²) in [5.74, 6) is 0.650. The van der Waals surface area contributed by atoms with Crippen LogP contribution in [-0.2, 0) is 4.74 Å². The Hall–Kier alpha value is -1.06. The number of hydrogen-bond donors (Lipinski definition) is 1. The SMILES string of the molecule is OC1(CC2CCOCC2)CCN(c2ccccc2)CC1. The van der Waals surface area contributed by atoms with E-state index in [0.29, 0.717) is 5.92 Å². The molecule has 2 heterocycles. The minimum Gasteiger partial charge on any atom is -0.390 e. The lowest BCUT2D eigenvalue weighted by Crippen LogP contribution is -2.45. The molecule has 0 atom stereocenters. The van der Waals surface area contributed by atoms with Gasteiger partial charge in [0, 0.05) is 32.0 Å². The molecule has 1 aromatic carbocycles. The highest BCUT2D eigenvalue weighted by atomic mass is 16.5. The van der Waals surface area contributed by atoms with Crippen LogP contribution in [-0.4, -0.2) is 37.0 Å². The highest BCUT2D eigenvalue weighted by Crippen LogP contribution is 2.34. The molecule has 0 radical (unpaired) electrons. The van der Waals surface area contributed by atoms with Crippen LogP contribution in [0.25, 0.3) is 0 Å². The maximum absolute atomic E-state index is 10.8. The van der Waals surface area contributed by atoms with Crippen molar-refractivity contribution >= 4 is 5.69 Å². The van der Waals surface area contributed by atoms with Gasteiger partial charge in [0.05, 0.1) is 5.60 Å². The maximum atomic E-state index is 10.8. The molecule has 3 rings (SSSR count). The summed E-state index contributed by atoms with van der Waals surface area (Å²) in [7, 11) is 0. The monoisotopic (exact) mass is 275 g/mol. The van der Waals surface area contributed by atoms with Gasteiger partial charge in [-0.15, -0.1) is 0 Å². The van der Waals surface area contributed by atoms with Gasteiger partial charge in [-0.2, -0.15) is 0 Å². The van der Waals surface area contributed by atoms with Crippen LogP contribution < -0.4 is 4.90 Å². The molecule has 0 aromatic heterocycles. The van der Waals surface area contributed by atoms with Gasteiger partial charge in [-0.25, -0.2) is 0 Å². The zero-order valence-electron chi connectivity index (χ0n) is 12.1. The Labute approximate surface area is 121 Å². The Bertz CT molecular complexity index is 406. The Morgan fingerprint density at radius 1 is 1.10 bits per heavy atom. The quantitative estimate of drug-likeness (QED) is 0.920. The first-order valence-electron chi connectivity index (χ1n) is 7.85. The van der Waals surface area contributed by atoms with Crippen LogP contribution in [0.1, 0.15) is 32.1 Å². The fourth-order valence-electron chi connectivity index (χ4n) is 3.51. The lowest BCUT2D eigenvalue weighted by atomic mass is 9.80. The zero-order valence-corrected chi connectivity index (χ0v) is 12.1. The van der Waals surface area contributed by atoms with Crippen molar-refractivity contribution in [3.05, 3.63) is 30.3 Å². The maximum Gasteiger partial charge on any atom is 0.0684 e. The molecule has 2 aliphatic heterocycles. The Kier molecular flexibility index (Phi) is 4.27. The second-order valence-corrected chi connectivity index (χ2v) is 6.31. The van der Waals surface area contributed by atoms with E-state index in [-0.39, 0.29) is 0 Å². The van der Waals surface area contributed by atoms with Gasteiger partial charge in [0.1, 0.15) is 0 Å². The second kappa shape index (κ2) is 6.15. The number of ether oxygens (including phenoxy) is 1. The summed E-state index contributed by atoms with van der Waals surface area (Å²) in [6.45, 7) is 3.67. The summed E-state index contributed by atoms with van der Waals surface area (Å²) < 4.78 is 5.41. The molecule has 2 aliphatic rings. The number of nitrogens with zero attached hydrogens (tertiary/aromatic N) is 1. The van der Waals surface area contributed by atoms with Gasteiger partial charge in [-0.3, -0.25) is 0 Å². The van der Waals surface area contributed by atoms with Crippen LogP contribution in [0.2, 0.25) is 0 Å². The lowest BCUT2D eigenvalue weighted by molar-refractivity contribution is -0.0273. The molecule has 0 saturated carbocycles. The average Bonchev–Trinajstić information content (AvgIpc) is 2.50. The van der Waals surface area contributed by atoms with E-state index in [1.807, 2.05) is 0 Å². The number of hydrogen-bond acceptors (Lipinski definition) is 3. The first kappa shape index (κ1) is 13.9. The van der Waals surface area contributed by atoms with Gasteiger partial charge in [0.2, 0.25) is 0 Å². The van der Waals surface area contributed by atoms with Crippen LogP contribution in [0.15, 0.2) is 30.3 Å². The number of anilines is 1. The predicted octanol–water partition coefficient (Wildman–Crippen LogP) is 2.83. The third-order valence-corrected chi connectivity index (χ3v) is 4.83. The number of rotatable bonds is 3. The highest BCUT2D eigenvalue weighted by molar-refractivity contribution is 5.46. The summed E-state index contributed by atoms with van der Waals surface area (Å²) in [6, 6.07) is 10.5. The van der Waals surface area contributed by atoms with E-state index in [1.54, 1.807) is 0 Å². The van der Waals surface area contributed by atoms with Crippen molar-refractivity contribution in [2.75, 3.05) is 31.2 Å². The molecular weight excluding hydrogens is 250 g/mol. The van der Waals surface area contributed by atoms with E-state index in [1.165, 1.54) is 5.69 Å². The smallest absolute Gasteiger partial charge is 0.0684 e. The minimum absolute atomic E-state index is 0.451. The topological polar surface area (TPSA) is 32.7 Å². The van der Waals surface area contributed by atoms with Crippen LogP contribution >= 0.6 is 0 Å². The molecule has 2 fully saturated rings. The van der Waals surface area contributed by atoms with E-state index < -0.39 is 5.60 Å². The van der Waals surface area contributed by atoms with Crippen molar-refractivity contribution in [1.82, 2.24) is 0 Å². The fourth-order valence-corrected chi connectivity index (χ4v) is 3.51. The van der Waals surface area contributed by atoms with Crippen LogP contribution in [0.3, 0.4) is 0 Å². The summed E-state index contributed by atoms with van der Waals surface area (Å²) in [5, 5.41) is 10.8. The van der Waals surface area contributed by atoms with Crippen molar-refractivity contribution in [2.45, 2.75) is 37.7 Å². The fraction of sp³-hybridized carbons (Fsp3) is 0.647. The van der Waals surface area contributed by atoms with E-state index in [0.717, 1.165) is 58.4 Å². The van der Waals surface area contributed by atoms with Crippen LogP contribution in [0.5, 0.6) is 0 Å². The van der Waals surface area contributed by atoms with Crippen molar-refractivity contribution in [1.29, 1.82) is 0 Å². The molecule has 20 heavy (non-hydrogen) atoms. The summed E-state index contributed by atoms with van der Waals surface area (Å²) >= 11 is 0. The van der Waals surface area contributed by atoms with E-state index in [9.17, 15) is 5.11 Å². The first-order valence-corrected chi connectivity index (χ1v) is 7.85. The molecule has 2 saturated heterocycles. The molecule has 0 spiro atoms. The van der Waals surface area contributed by atoms with Gasteiger partial charge in [-0.05, 0) is 50.2 Å². The zero-order chi connectivity index (χ0) is 13.8. The molecular formula is C17H25NO2. The summed E-state index contributed by atoms with van der Waals surface area (Å²) in [6.07, 6.45) is 4.97. The molecule has 0 bridgehead atoms. The molecule has 1 N–H and O–H groups in total. The molecule has 1 aromatic rings. The lowest BCUT2D eigenvalue weighted by Gasteiger charge is -2.41. The number of para-hydroxylation sites is 1. The Morgan fingerprint density at radius 2 is 1.75 bits per heavy atom. The number of benzene rings is 1. The summed E-state index contributed by atoms with van der Waals surface area (Å²) in [4.78, 5) is 2.39. The second-order valence-electron chi connectivity index (χ2n) is 6.31. The van der Waals surface area contributed by atoms with E-state index >= 15 is 0 Å². The van der Waals surface area contributed by atoms with Crippen LogP contribution in [0, 0.1) is 5.92 Å². The van der Waals surface area contributed by atoms with E-state index in [2.05, 4.69) is 35.2 Å². The van der Waals surface area contributed by atoms with E-state index in [4.69, 9.17) is 4.74 Å². The third kappa shape index (κ3) is 3.33. The van der Waals surface area contributed by atoms with Crippen molar-refractivity contribution in [3.8, 4) is 0 Å². The predicted molar refractivity (Wildman–Crippen MR) is 81.0 cm³/mol. The third-order valence-electron chi connectivity index (χ3n) is 4.83. The molecule has 0 aliphatic carbocycles. The minimum atomic E-state index is -0.451. The highest BCUT2D eigenvalue weighted by Gasteiger charge is 2.35. The molecule has 3 nitrogen and oxygen atoms in total. The molecule has 0 amide bonds. The number of piperidine rings is 1. The summed E-state index contributed by atoms with van der Waals surface area (Å²) in [5.41, 5.74) is 0.827. The standard InChI is InChI=1S/C17H25NO2/c19-17(14-15-6-12-20-13-7-15)8-10-18(11-9-17)16-4-2-1-3-5-16/h1-5,15,19H,6-14H2. The molecule has 0 unspecified atom stereocenters. The Morgan fingerprint density at radius 3 is 2.40 bits per heavy atom.